The van der Waals surface area contributed by atoms with Crippen molar-refractivity contribution in [2.24, 2.45) is 0 Å². The molecule has 22 heavy (non-hydrogen) atoms. The molecule has 1 aliphatic heterocycles. The van der Waals surface area contributed by atoms with Crippen molar-refractivity contribution in [2.45, 2.75) is 6.42 Å². The van der Waals surface area contributed by atoms with Gasteiger partial charge in [-0.05, 0) is 36.0 Å². The average Bonchev–Trinajstić information content (AvgIpc) is 2.87. The molecule has 1 fully saturated rings. The highest BCUT2D eigenvalue weighted by Gasteiger charge is 2.20. The topological polar surface area (TPSA) is 49.6 Å². The van der Waals surface area contributed by atoms with E-state index in [1.54, 1.807) is 24.3 Å². The summed E-state index contributed by atoms with van der Waals surface area (Å²) in [6.45, 7) is 3.03. The fourth-order valence-electron chi connectivity index (χ4n) is 2.67. The predicted molar refractivity (Wildman–Crippen MR) is 86.4 cm³/mol. The second-order valence-electron chi connectivity index (χ2n) is 5.15. The van der Waals surface area contributed by atoms with Gasteiger partial charge in [0.1, 0.15) is 5.82 Å². The lowest BCUT2D eigenvalue weighted by Gasteiger charge is -2.24. The van der Waals surface area contributed by atoms with Crippen LogP contribution in [0.1, 0.15) is 6.42 Å². The minimum atomic E-state index is -0.363. The molecular formula is C15H16FN3O2S. The molecule has 0 unspecified atom stereocenters. The van der Waals surface area contributed by atoms with Gasteiger partial charge in [-0.15, -0.1) is 0 Å². The van der Waals surface area contributed by atoms with Crippen LogP contribution in [0.2, 0.25) is 0 Å². The average molecular weight is 321 g/mol. The number of hydrogen-bond acceptors (Lipinski definition) is 5. The van der Waals surface area contributed by atoms with E-state index in [9.17, 15) is 14.5 Å². The first kappa shape index (κ1) is 14.8. The molecule has 1 aliphatic rings. The molecule has 5 nitrogen and oxygen atoms in total. The molecule has 3 rings (SSSR count). The molecule has 0 saturated carbocycles. The van der Waals surface area contributed by atoms with E-state index >= 15 is 0 Å². The summed E-state index contributed by atoms with van der Waals surface area (Å²) < 4.78 is 13.9. The van der Waals surface area contributed by atoms with E-state index in [4.69, 9.17) is 0 Å². The van der Waals surface area contributed by atoms with E-state index in [1.807, 2.05) is 11.0 Å². The van der Waals surface area contributed by atoms with Crippen LogP contribution in [0.25, 0.3) is 0 Å². The maximum absolute atomic E-state index is 13.9. The Hall–Kier alpha value is -2.15. The highest BCUT2D eigenvalue weighted by molar-refractivity contribution is 7.19. The van der Waals surface area contributed by atoms with Gasteiger partial charge in [-0.25, -0.2) is 4.39 Å². The van der Waals surface area contributed by atoms with Gasteiger partial charge in [-0.1, -0.05) is 12.1 Å². The van der Waals surface area contributed by atoms with Gasteiger partial charge in [0.2, 0.25) is 0 Å². The normalized spacial score (nSPS) is 15.7. The van der Waals surface area contributed by atoms with Gasteiger partial charge in [0.05, 0.1) is 15.6 Å². The quantitative estimate of drug-likeness (QED) is 0.641. The van der Waals surface area contributed by atoms with Crippen LogP contribution in [0.15, 0.2) is 36.4 Å². The first-order chi connectivity index (χ1) is 10.6. The Balaban J connectivity index is 1.72. The summed E-state index contributed by atoms with van der Waals surface area (Å²) in [6, 6.07) is 10.1. The molecule has 2 heterocycles. The Morgan fingerprint density at radius 3 is 2.50 bits per heavy atom. The summed E-state index contributed by atoms with van der Waals surface area (Å²) in [7, 11) is 0. The highest BCUT2D eigenvalue weighted by atomic mass is 32.1. The molecule has 0 aliphatic carbocycles. The number of anilines is 2. The van der Waals surface area contributed by atoms with Crippen molar-refractivity contribution in [3.63, 3.8) is 0 Å². The van der Waals surface area contributed by atoms with Crippen LogP contribution >= 0.6 is 11.3 Å². The van der Waals surface area contributed by atoms with E-state index in [2.05, 4.69) is 4.90 Å². The standard InChI is InChI=1S/C15H16FN3O2S/c16-12-4-1-2-5-13(12)17-8-3-9-18(11-10-17)14-6-7-15(22-14)19(20)21/h1-2,4-7H,3,8-11H2. The zero-order chi connectivity index (χ0) is 15.5. The van der Waals surface area contributed by atoms with Gasteiger partial charge in [0.25, 0.3) is 0 Å². The summed E-state index contributed by atoms with van der Waals surface area (Å²) in [5.41, 5.74) is 0.626. The molecule has 0 radical (unpaired) electrons. The van der Waals surface area contributed by atoms with Gasteiger partial charge >= 0.3 is 5.00 Å². The van der Waals surface area contributed by atoms with Crippen molar-refractivity contribution in [3.8, 4) is 0 Å². The lowest BCUT2D eigenvalue weighted by Crippen LogP contribution is -2.30. The van der Waals surface area contributed by atoms with Crippen molar-refractivity contribution < 1.29 is 9.31 Å². The van der Waals surface area contributed by atoms with Crippen molar-refractivity contribution in [3.05, 3.63) is 52.3 Å². The van der Waals surface area contributed by atoms with Crippen LogP contribution in [0.3, 0.4) is 0 Å². The second-order valence-corrected chi connectivity index (χ2v) is 6.19. The minimum absolute atomic E-state index is 0.158. The number of nitro groups is 1. The molecule has 1 aromatic carbocycles. The predicted octanol–water partition coefficient (Wildman–Crippen LogP) is 3.51. The van der Waals surface area contributed by atoms with Gasteiger partial charge in [0.15, 0.2) is 0 Å². The van der Waals surface area contributed by atoms with E-state index in [1.165, 1.54) is 17.4 Å². The maximum atomic E-state index is 13.9. The van der Waals surface area contributed by atoms with E-state index in [0.717, 1.165) is 31.1 Å². The molecule has 2 aromatic rings. The summed E-state index contributed by atoms with van der Waals surface area (Å²) >= 11 is 1.19. The van der Waals surface area contributed by atoms with Gasteiger partial charge in [0, 0.05) is 32.2 Å². The Bertz CT molecular complexity index is 676. The third kappa shape index (κ3) is 3.04. The van der Waals surface area contributed by atoms with E-state index in [-0.39, 0.29) is 15.7 Å². The second kappa shape index (κ2) is 6.31. The van der Waals surface area contributed by atoms with Crippen LogP contribution in [0.5, 0.6) is 0 Å². The van der Waals surface area contributed by atoms with E-state index < -0.39 is 0 Å². The largest absolute Gasteiger partial charge is 0.367 e. The van der Waals surface area contributed by atoms with Crippen molar-refractivity contribution in [1.29, 1.82) is 0 Å². The Morgan fingerprint density at radius 2 is 1.77 bits per heavy atom. The SMILES string of the molecule is O=[N+]([O-])c1ccc(N2CCCN(c3ccccc3F)CC2)s1. The summed E-state index contributed by atoms with van der Waals surface area (Å²) in [4.78, 5) is 14.6. The number of benzene rings is 1. The van der Waals surface area contributed by atoms with Crippen LogP contribution in [-0.2, 0) is 0 Å². The number of halogens is 1. The van der Waals surface area contributed by atoms with Crippen LogP contribution < -0.4 is 9.80 Å². The van der Waals surface area contributed by atoms with Crippen molar-refractivity contribution >= 4 is 27.0 Å². The van der Waals surface area contributed by atoms with Gasteiger partial charge in [-0.3, -0.25) is 10.1 Å². The van der Waals surface area contributed by atoms with Crippen LogP contribution in [0, 0.1) is 15.9 Å². The van der Waals surface area contributed by atoms with Crippen LogP contribution in [0.4, 0.5) is 20.1 Å². The monoisotopic (exact) mass is 321 g/mol. The summed E-state index contributed by atoms with van der Waals surface area (Å²) in [5.74, 6) is -0.206. The smallest absolute Gasteiger partial charge is 0.326 e. The number of thiophene rings is 1. The fourth-order valence-corrected chi connectivity index (χ4v) is 3.55. The number of rotatable bonds is 3. The molecule has 7 heteroatoms. The third-order valence-corrected chi connectivity index (χ3v) is 4.86. The molecule has 0 atom stereocenters. The molecule has 1 aromatic heterocycles. The lowest BCUT2D eigenvalue weighted by atomic mass is 10.2. The third-order valence-electron chi connectivity index (χ3n) is 3.76. The molecule has 116 valence electrons. The molecule has 1 saturated heterocycles. The highest BCUT2D eigenvalue weighted by Crippen LogP contribution is 2.32. The van der Waals surface area contributed by atoms with Crippen molar-refractivity contribution in [1.82, 2.24) is 0 Å². The molecule has 0 bridgehead atoms. The number of nitrogens with zero attached hydrogens (tertiary/aromatic N) is 3. The number of hydrogen-bond donors (Lipinski definition) is 0. The summed E-state index contributed by atoms with van der Waals surface area (Å²) in [5, 5.41) is 11.8. The summed E-state index contributed by atoms with van der Waals surface area (Å²) in [6.07, 6.45) is 0.889. The molecule has 0 N–H and O–H groups in total. The zero-order valence-electron chi connectivity index (χ0n) is 11.9. The fraction of sp³-hybridized carbons (Fsp3) is 0.333. The van der Waals surface area contributed by atoms with E-state index in [0.29, 0.717) is 12.2 Å². The Kier molecular flexibility index (Phi) is 4.24. The first-order valence-electron chi connectivity index (χ1n) is 7.14. The van der Waals surface area contributed by atoms with Crippen LogP contribution in [-0.4, -0.2) is 31.1 Å². The Morgan fingerprint density at radius 1 is 1.05 bits per heavy atom. The minimum Gasteiger partial charge on any atom is -0.367 e. The van der Waals surface area contributed by atoms with Gasteiger partial charge < -0.3 is 9.80 Å². The lowest BCUT2D eigenvalue weighted by molar-refractivity contribution is -0.380. The molecule has 0 spiro atoms. The number of para-hydroxylation sites is 1. The van der Waals surface area contributed by atoms with Crippen molar-refractivity contribution in [2.75, 3.05) is 36.0 Å². The zero-order valence-corrected chi connectivity index (χ0v) is 12.8. The van der Waals surface area contributed by atoms with Gasteiger partial charge in [-0.2, -0.15) is 0 Å². The maximum Gasteiger partial charge on any atom is 0.326 e. The molecule has 0 amide bonds. The first-order valence-corrected chi connectivity index (χ1v) is 7.95. The molecular weight excluding hydrogens is 305 g/mol. The Labute approximate surface area is 131 Å².